The summed E-state index contributed by atoms with van der Waals surface area (Å²) < 4.78 is 115. The van der Waals surface area contributed by atoms with E-state index >= 15 is 4.39 Å². The van der Waals surface area contributed by atoms with Crippen molar-refractivity contribution in [3.05, 3.63) is 114 Å². The number of anilines is 2. The van der Waals surface area contributed by atoms with Crippen LogP contribution in [0.2, 0.25) is 0 Å². The molecule has 1 saturated heterocycles. The molecule has 3 heterocycles. The summed E-state index contributed by atoms with van der Waals surface area (Å²) >= 11 is 0. The molecule has 23 heteroatoms. The van der Waals surface area contributed by atoms with Gasteiger partial charge in [0.2, 0.25) is 23.6 Å². The van der Waals surface area contributed by atoms with E-state index in [4.69, 9.17) is 0 Å². The predicted molar refractivity (Wildman–Crippen MR) is 276 cm³/mol. The molecular formula is C55H63F8N9O5S. The quantitative estimate of drug-likeness (QED) is 0.0464. The minimum absolute atomic E-state index is 0.0168. The summed E-state index contributed by atoms with van der Waals surface area (Å²) in [6, 6.07) is 7.49. The highest BCUT2D eigenvalue weighted by atomic mass is 32.5. The first-order valence-electron chi connectivity index (χ1n) is 26.0. The van der Waals surface area contributed by atoms with Crippen LogP contribution in [0.3, 0.4) is 0 Å². The van der Waals surface area contributed by atoms with Gasteiger partial charge in [0.1, 0.15) is 34.6 Å². The molecule has 3 aliphatic carbocycles. The summed E-state index contributed by atoms with van der Waals surface area (Å²) in [4.78, 5) is 81.3. The molecule has 8 rings (SSSR count). The first kappa shape index (κ1) is 57.5. The van der Waals surface area contributed by atoms with Crippen molar-refractivity contribution in [2.24, 2.45) is 5.92 Å². The molecule has 4 fully saturated rings. The zero-order chi connectivity index (χ0) is 56.7. The number of carbonyl (C=O) groups is 5. The topological polar surface area (TPSA) is 181 Å². The van der Waals surface area contributed by atoms with Crippen molar-refractivity contribution < 1.29 is 56.6 Å². The predicted octanol–water partition coefficient (Wildman–Crippen LogP) is 10.6. The average molecular weight is 1110 g/mol. The minimum atomic E-state index is -10.3. The van der Waals surface area contributed by atoms with Gasteiger partial charge in [0.15, 0.2) is 6.19 Å². The summed E-state index contributed by atoms with van der Waals surface area (Å²) in [6.07, 6.45) is 7.70. The highest BCUT2D eigenvalue weighted by Crippen LogP contribution is 3.02. The number of pyridine rings is 2. The van der Waals surface area contributed by atoms with Crippen molar-refractivity contribution in [1.82, 2.24) is 30.8 Å². The third-order valence-corrected chi connectivity index (χ3v) is 16.2. The molecule has 3 saturated carbocycles. The van der Waals surface area contributed by atoms with Gasteiger partial charge in [0.05, 0.1) is 11.6 Å². The number of benzene rings is 2. The van der Waals surface area contributed by atoms with E-state index in [1.807, 2.05) is 13.8 Å². The normalized spacial score (nSPS) is 20.7. The van der Waals surface area contributed by atoms with Crippen LogP contribution >= 0.6 is 10.2 Å². The molecule has 4 aliphatic rings. The molecule has 0 bridgehead atoms. The van der Waals surface area contributed by atoms with Crippen LogP contribution in [0.25, 0.3) is 0 Å². The molecule has 3 N–H and O–H groups in total. The number of nitrogens with zero attached hydrogens (tertiary/aromatic N) is 6. The van der Waals surface area contributed by atoms with Gasteiger partial charge in [-0.1, -0.05) is 51.5 Å². The van der Waals surface area contributed by atoms with Gasteiger partial charge in [0, 0.05) is 97.5 Å². The van der Waals surface area contributed by atoms with Crippen LogP contribution in [0.15, 0.2) is 90.2 Å². The van der Waals surface area contributed by atoms with Crippen LogP contribution in [0.4, 0.5) is 44.0 Å². The second kappa shape index (κ2) is 21.2. The Morgan fingerprint density at radius 2 is 1.44 bits per heavy atom. The van der Waals surface area contributed by atoms with Crippen LogP contribution in [0, 0.1) is 23.2 Å². The zero-order valence-corrected chi connectivity index (χ0v) is 44.4. The number of ketones is 1. The van der Waals surface area contributed by atoms with Gasteiger partial charge in [-0.25, -0.2) is 13.2 Å². The molecule has 420 valence electrons. The van der Waals surface area contributed by atoms with E-state index in [1.165, 1.54) is 16.0 Å². The lowest BCUT2D eigenvalue weighted by Crippen LogP contribution is -2.56. The maximum absolute atomic E-state index is 16.8. The molecule has 2 aromatic carbocycles. The highest BCUT2D eigenvalue weighted by molar-refractivity contribution is 8.45. The van der Waals surface area contributed by atoms with Crippen LogP contribution in [0.1, 0.15) is 133 Å². The molecule has 4 atom stereocenters. The van der Waals surface area contributed by atoms with Crippen molar-refractivity contribution in [2.45, 2.75) is 157 Å². The Morgan fingerprint density at radius 3 is 2.00 bits per heavy atom. The van der Waals surface area contributed by atoms with Gasteiger partial charge in [-0.05, 0) is 125 Å². The molecular weight excluding hydrogens is 1050 g/mol. The summed E-state index contributed by atoms with van der Waals surface area (Å²) in [5, 5.41) is 19.2. The number of amides is 4. The number of Topliss-reactive ketones (excluding diaryl/α,β-unsaturated/α-hetero) is 1. The molecule has 4 amide bonds. The standard InChI is InChI=1S/C55H63F8N9O5S/c1-53(2,36-12-16-39(17-13-36)72(52(77)45-10-7-27-70(45)33-64)47(34-8-6-26-65-30-34)50(75)69-54(3,4)32-67-37-14-15-37)29-44-43(56)28-35(31-66-44)48(49(74)68-38-22-24-55(57,58)25-23-38)71(51(76)42-9-5-11-46(42)73)40-18-20-41(21-19-40)78(59,60,61,62)63/h6,8,12-13,16-21,26,28,30-31,37-38,42,45,47-48,67H,5,7,9-11,14-15,22-25,27,29,32H2,1-4H3,(H,68,74)(H,69,75). The van der Waals surface area contributed by atoms with Gasteiger partial charge in [-0.3, -0.25) is 48.6 Å². The first-order valence-corrected chi connectivity index (χ1v) is 28.0. The number of halogens is 8. The molecule has 0 radical (unpaired) electrons. The van der Waals surface area contributed by atoms with E-state index in [0.29, 0.717) is 65.8 Å². The number of likely N-dealkylation sites (tertiary alicyclic amines) is 1. The molecule has 2 aromatic heterocycles. The Kier molecular flexibility index (Phi) is 15.6. The Bertz CT molecular complexity index is 2950. The first-order chi connectivity index (χ1) is 36.4. The number of aromatic nitrogens is 2. The highest BCUT2D eigenvalue weighted by Gasteiger charge is 2.65. The fraction of sp³-hybridized carbons (Fsp3) is 0.491. The van der Waals surface area contributed by atoms with Gasteiger partial charge in [0.25, 0.3) is 5.91 Å². The maximum Gasteiger partial charge on any atom is 0.310 e. The number of rotatable bonds is 19. The smallest absolute Gasteiger partial charge is 0.310 e. The Balaban J connectivity index is 1.13. The molecule has 14 nitrogen and oxygen atoms in total. The summed E-state index contributed by atoms with van der Waals surface area (Å²) in [7, 11) is -10.3. The number of carbonyl (C=O) groups excluding carboxylic acids is 5. The van der Waals surface area contributed by atoms with Gasteiger partial charge < -0.3 is 16.0 Å². The van der Waals surface area contributed by atoms with Crippen LogP contribution in [-0.2, 0) is 35.8 Å². The third kappa shape index (κ3) is 13.4. The SMILES string of the molecule is CC(C)(CNC1CC1)NC(=O)C(c1cccnc1)N(C(=O)C1CCCN1C#N)c1ccc(C(C)(C)Cc2ncc(C(C(=O)NC3CCC(F)(F)CC3)N(C(=O)C3CCCC3=O)c3ccc(S(F)(F)(F)(F)F)cc3)cc2F)cc1. The van der Waals surface area contributed by atoms with Crippen molar-refractivity contribution >= 4 is 51.0 Å². The van der Waals surface area contributed by atoms with Crippen LogP contribution in [0.5, 0.6) is 0 Å². The largest absolute Gasteiger partial charge is 0.351 e. The molecule has 4 unspecified atom stereocenters. The monoisotopic (exact) mass is 1110 g/mol. The molecule has 78 heavy (non-hydrogen) atoms. The lowest BCUT2D eigenvalue weighted by Gasteiger charge is -2.41. The number of alkyl halides is 2. The Morgan fingerprint density at radius 1 is 0.808 bits per heavy atom. The van der Waals surface area contributed by atoms with E-state index in [0.717, 1.165) is 25.1 Å². The van der Waals surface area contributed by atoms with Gasteiger partial charge in [-0.2, -0.15) is 5.26 Å². The summed E-state index contributed by atoms with van der Waals surface area (Å²) in [5.74, 6) is -9.10. The van der Waals surface area contributed by atoms with E-state index in [1.54, 1.807) is 56.4 Å². The Hall–Kier alpha value is -6.67. The number of nitrogens with one attached hydrogen (secondary N) is 3. The second-order valence-corrected chi connectivity index (χ2v) is 24.7. The van der Waals surface area contributed by atoms with Gasteiger partial charge in [-0.15, -0.1) is 0 Å². The van der Waals surface area contributed by atoms with Gasteiger partial charge >= 0.3 is 10.2 Å². The molecule has 1 aliphatic heterocycles. The van der Waals surface area contributed by atoms with E-state index in [2.05, 4.69) is 32.1 Å². The van der Waals surface area contributed by atoms with Crippen LogP contribution in [-0.4, -0.2) is 87.0 Å². The number of nitriles is 1. The minimum Gasteiger partial charge on any atom is -0.351 e. The average Bonchev–Trinajstić information content (AvgIpc) is 4.08. The third-order valence-electron chi connectivity index (χ3n) is 15.0. The van der Waals surface area contributed by atoms with E-state index < -0.39 is 116 Å². The number of hydrogen-bond donors (Lipinski definition) is 3. The van der Waals surface area contributed by atoms with Crippen LogP contribution < -0.4 is 25.8 Å². The lowest BCUT2D eigenvalue weighted by atomic mass is 9.80. The summed E-state index contributed by atoms with van der Waals surface area (Å²) in [6.45, 7) is 8.12. The summed E-state index contributed by atoms with van der Waals surface area (Å²) in [5.41, 5.74) is -1.36. The second-order valence-electron chi connectivity index (χ2n) is 22.3. The van der Waals surface area contributed by atoms with Crippen molar-refractivity contribution in [1.29, 1.82) is 5.26 Å². The fourth-order valence-electron chi connectivity index (χ4n) is 10.5. The lowest BCUT2D eigenvalue weighted by molar-refractivity contribution is -0.133. The maximum atomic E-state index is 16.8. The Labute approximate surface area is 447 Å². The fourth-order valence-corrected chi connectivity index (χ4v) is 11.2. The van der Waals surface area contributed by atoms with Crippen molar-refractivity contribution in [3.63, 3.8) is 0 Å². The van der Waals surface area contributed by atoms with E-state index in [9.17, 15) is 57.4 Å². The zero-order valence-electron chi connectivity index (χ0n) is 43.6. The molecule has 4 aromatic rings. The van der Waals surface area contributed by atoms with Crippen molar-refractivity contribution in [2.75, 3.05) is 22.9 Å². The number of hydrogen-bond acceptors (Lipinski definition) is 10. The van der Waals surface area contributed by atoms with Crippen molar-refractivity contribution in [3.8, 4) is 6.19 Å². The van der Waals surface area contributed by atoms with E-state index in [-0.39, 0.29) is 61.9 Å². The molecule has 0 spiro atoms.